The van der Waals surface area contributed by atoms with E-state index < -0.39 is 0 Å². The Morgan fingerprint density at radius 2 is 2.00 bits per heavy atom. The highest BCUT2D eigenvalue weighted by Crippen LogP contribution is 2.35. The first-order valence-corrected chi connectivity index (χ1v) is 6.91. The fourth-order valence-electron chi connectivity index (χ4n) is 2.35. The predicted octanol–water partition coefficient (Wildman–Crippen LogP) is 4.03. The number of rotatable bonds is 5. The maximum absolute atomic E-state index is 9.28. The van der Waals surface area contributed by atoms with E-state index in [0.717, 1.165) is 29.9 Å². The predicted molar refractivity (Wildman–Crippen MR) is 80.8 cm³/mol. The quantitative estimate of drug-likeness (QED) is 0.779. The second kappa shape index (κ2) is 6.60. The summed E-state index contributed by atoms with van der Waals surface area (Å²) >= 11 is 6.41. The van der Waals surface area contributed by atoms with E-state index in [2.05, 4.69) is 10.6 Å². The van der Waals surface area contributed by atoms with Gasteiger partial charge in [-0.05, 0) is 18.9 Å². The lowest BCUT2D eigenvalue weighted by molar-refractivity contribution is 0.190. The zero-order valence-corrected chi connectivity index (χ0v) is 12.4. The van der Waals surface area contributed by atoms with Crippen LogP contribution in [0.25, 0.3) is 11.3 Å². The molecule has 1 heterocycles. The van der Waals surface area contributed by atoms with Crippen LogP contribution in [-0.2, 0) is 11.3 Å². The van der Waals surface area contributed by atoms with Gasteiger partial charge in [0.25, 0.3) is 0 Å². The van der Waals surface area contributed by atoms with Gasteiger partial charge < -0.3 is 9.30 Å². The Kier molecular flexibility index (Phi) is 4.84. The summed E-state index contributed by atoms with van der Waals surface area (Å²) in [7, 11) is 1.69. The van der Waals surface area contributed by atoms with Gasteiger partial charge in [-0.1, -0.05) is 41.9 Å². The minimum Gasteiger partial charge on any atom is -0.385 e. The highest BCUT2D eigenvalue weighted by molar-refractivity contribution is 6.34. The fraction of sp³-hybridized carbons (Fsp3) is 0.312. The molecule has 2 aromatic rings. The molecule has 0 spiro atoms. The van der Waals surface area contributed by atoms with Crippen molar-refractivity contribution in [2.24, 2.45) is 0 Å². The first-order valence-electron chi connectivity index (χ1n) is 6.53. The Balaban J connectivity index is 2.51. The van der Waals surface area contributed by atoms with Crippen molar-refractivity contribution in [3.05, 3.63) is 46.6 Å². The Morgan fingerprint density at radius 1 is 1.30 bits per heavy atom. The van der Waals surface area contributed by atoms with Crippen LogP contribution in [0, 0.1) is 18.3 Å². The van der Waals surface area contributed by atoms with Crippen molar-refractivity contribution in [1.82, 2.24) is 4.57 Å². The van der Waals surface area contributed by atoms with Crippen LogP contribution in [-0.4, -0.2) is 18.3 Å². The largest absolute Gasteiger partial charge is 0.385 e. The molecule has 0 unspecified atom stereocenters. The molecular formula is C16H17ClN2O. The molecule has 0 aliphatic heterocycles. The van der Waals surface area contributed by atoms with Crippen LogP contribution in [0.4, 0.5) is 0 Å². The molecule has 2 rings (SSSR count). The first kappa shape index (κ1) is 14.6. The van der Waals surface area contributed by atoms with Crippen LogP contribution in [0.15, 0.2) is 30.3 Å². The number of ether oxygens (including phenoxy) is 1. The molecule has 0 fully saturated rings. The molecule has 0 saturated carbocycles. The van der Waals surface area contributed by atoms with Gasteiger partial charge in [0.2, 0.25) is 0 Å². The van der Waals surface area contributed by atoms with E-state index in [0.29, 0.717) is 17.2 Å². The van der Waals surface area contributed by atoms with E-state index in [4.69, 9.17) is 16.3 Å². The topological polar surface area (TPSA) is 38.0 Å². The smallest absolute Gasteiger partial charge is 0.103 e. The van der Waals surface area contributed by atoms with E-state index in [9.17, 15) is 5.26 Å². The molecule has 4 heteroatoms. The number of hydrogen-bond acceptors (Lipinski definition) is 2. The van der Waals surface area contributed by atoms with Crippen molar-refractivity contribution in [2.45, 2.75) is 19.9 Å². The maximum atomic E-state index is 9.28. The zero-order chi connectivity index (χ0) is 14.5. The highest BCUT2D eigenvalue weighted by Gasteiger charge is 2.19. The van der Waals surface area contributed by atoms with Crippen LogP contribution in [0.3, 0.4) is 0 Å². The molecule has 0 radical (unpaired) electrons. The third-order valence-corrected chi connectivity index (χ3v) is 3.72. The van der Waals surface area contributed by atoms with Gasteiger partial charge in [0, 0.05) is 26.0 Å². The SMILES string of the molecule is COCCCn1c(C)c(C#N)c(Cl)c1-c1ccccc1. The monoisotopic (exact) mass is 288 g/mol. The van der Waals surface area contributed by atoms with Crippen LogP contribution >= 0.6 is 11.6 Å². The standard InChI is InChI=1S/C16H17ClN2O/c1-12-14(11-18)15(17)16(13-7-4-3-5-8-13)19(12)9-6-10-20-2/h3-5,7-8H,6,9-10H2,1-2H3. The van der Waals surface area contributed by atoms with E-state index in [1.54, 1.807) is 7.11 Å². The van der Waals surface area contributed by atoms with Gasteiger partial charge >= 0.3 is 0 Å². The van der Waals surface area contributed by atoms with Crippen LogP contribution in [0.2, 0.25) is 5.02 Å². The molecule has 0 aliphatic rings. The van der Waals surface area contributed by atoms with E-state index in [-0.39, 0.29) is 0 Å². The summed E-state index contributed by atoms with van der Waals surface area (Å²) in [6, 6.07) is 12.1. The van der Waals surface area contributed by atoms with Gasteiger partial charge in [0.05, 0.1) is 16.3 Å². The van der Waals surface area contributed by atoms with Gasteiger partial charge in [-0.15, -0.1) is 0 Å². The normalized spacial score (nSPS) is 10.5. The first-order chi connectivity index (χ1) is 9.70. The van der Waals surface area contributed by atoms with E-state index >= 15 is 0 Å². The van der Waals surface area contributed by atoms with Crippen molar-refractivity contribution in [2.75, 3.05) is 13.7 Å². The molecule has 0 saturated heterocycles. The molecule has 0 atom stereocenters. The molecule has 0 aliphatic carbocycles. The summed E-state index contributed by atoms with van der Waals surface area (Å²) in [5, 5.41) is 9.82. The van der Waals surface area contributed by atoms with Crippen LogP contribution in [0.1, 0.15) is 17.7 Å². The number of hydrogen-bond donors (Lipinski definition) is 0. The molecule has 1 aromatic heterocycles. The summed E-state index contributed by atoms with van der Waals surface area (Å²) in [4.78, 5) is 0. The second-order valence-electron chi connectivity index (χ2n) is 4.60. The van der Waals surface area contributed by atoms with Crippen molar-refractivity contribution in [3.8, 4) is 17.3 Å². The number of benzene rings is 1. The van der Waals surface area contributed by atoms with Crippen LogP contribution in [0.5, 0.6) is 0 Å². The lowest BCUT2D eigenvalue weighted by Gasteiger charge is -2.11. The van der Waals surface area contributed by atoms with Crippen molar-refractivity contribution in [3.63, 3.8) is 0 Å². The lowest BCUT2D eigenvalue weighted by Crippen LogP contribution is -2.05. The Labute approximate surface area is 124 Å². The minimum atomic E-state index is 0.536. The Hall–Kier alpha value is -1.76. The van der Waals surface area contributed by atoms with E-state index in [1.165, 1.54) is 0 Å². The maximum Gasteiger partial charge on any atom is 0.103 e. The molecule has 0 bridgehead atoms. The lowest BCUT2D eigenvalue weighted by atomic mass is 10.1. The number of nitrogens with zero attached hydrogens (tertiary/aromatic N) is 2. The molecule has 3 nitrogen and oxygen atoms in total. The molecule has 0 N–H and O–H groups in total. The fourth-order valence-corrected chi connectivity index (χ4v) is 2.74. The third kappa shape index (κ3) is 2.72. The van der Waals surface area contributed by atoms with Crippen molar-refractivity contribution >= 4 is 11.6 Å². The van der Waals surface area contributed by atoms with Crippen molar-refractivity contribution in [1.29, 1.82) is 5.26 Å². The summed E-state index contributed by atoms with van der Waals surface area (Å²) in [5.74, 6) is 0. The van der Waals surface area contributed by atoms with Gasteiger partial charge in [0.15, 0.2) is 0 Å². The van der Waals surface area contributed by atoms with Crippen molar-refractivity contribution < 1.29 is 4.74 Å². The average Bonchev–Trinajstić information content (AvgIpc) is 2.71. The molecule has 104 valence electrons. The average molecular weight is 289 g/mol. The van der Waals surface area contributed by atoms with Crippen LogP contribution < -0.4 is 0 Å². The zero-order valence-electron chi connectivity index (χ0n) is 11.7. The number of nitriles is 1. The molecular weight excluding hydrogens is 272 g/mol. The molecule has 1 aromatic carbocycles. The van der Waals surface area contributed by atoms with E-state index in [1.807, 2.05) is 37.3 Å². The summed E-state index contributed by atoms with van der Waals surface area (Å²) in [6.45, 7) is 3.40. The Bertz CT molecular complexity index is 626. The number of aromatic nitrogens is 1. The highest BCUT2D eigenvalue weighted by atomic mass is 35.5. The summed E-state index contributed by atoms with van der Waals surface area (Å²) < 4.78 is 7.21. The number of halogens is 1. The second-order valence-corrected chi connectivity index (χ2v) is 4.98. The van der Waals surface area contributed by atoms with Gasteiger partial charge in [-0.3, -0.25) is 0 Å². The van der Waals surface area contributed by atoms with Gasteiger partial charge in [-0.2, -0.15) is 5.26 Å². The minimum absolute atomic E-state index is 0.536. The summed E-state index contributed by atoms with van der Waals surface area (Å²) in [5.41, 5.74) is 3.41. The molecule has 0 amide bonds. The van der Waals surface area contributed by atoms with Gasteiger partial charge in [0.1, 0.15) is 6.07 Å². The number of methoxy groups -OCH3 is 1. The van der Waals surface area contributed by atoms with Gasteiger partial charge in [-0.25, -0.2) is 0 Å². The molecule has 20 heavy (non-hydrogen) atoms. The Morgan fingerprint density at radius 3 is 2.60 bits per heavy atom. The third-order valence-electron chi connectivity index (χ3n) is 3.35. The summed E-state index contributed by atoms with van der Waals surface area (Å²) in [6.07, 6.45) is 0.882.